The topological polar surface area (TPSA) is 0 Å². The second kappa shape index (κ2) is 12.0. The molecule has 0 amide bonds. The van der Waals surface area contributed by atoms with Gasteiger partial charge in [-0.05, 0) is 32.5 Å². The first-order valence-electron chi connectivity index (χ1n) is 9.97. The van der Waals surface area contributed by atoms with E-state index in [9.17, 15) is 0 Å². The molecule has 0 unspecified atom stereocenters. The molecule has 0 radical (unpaired) electrons. The summed E-state index contributed by atoms with van der Waals surface area (Å²) in [6.07, 6.45) is 15.2. The minimum absolute atomic E-state index is 0.432. The highest BCUT2D eigenvalue weighted by Gasteiger charge is 2.20. The lowest BCUT2D eigenvalue weighted by Gasteiger charge is -2.17. The van der Waals surface area contributed by atoms with Crippen LogP contribution in [0.15, 0.2) is 109 Å². The third kappa shape index (κ3) is 7.31. The van der Waals surface area contributed by atoms with E-state index in [4.69, 9.17) is 0 Å². The second-order valence-electron chi connectivity index (χ2n) is 6.96. The molecule has 0 N–H and O–H groups in total. The summed E-state index contributed by atoms with van der Waals surface area (Å²) in [5.74, 6) is 0. The number of hydrogen-bond acceptors (Lipinski definition) is 0. The third-order valence-corrected chi connectivity index (χ3v) is 4.89. The van der Waals surface area contributed by atoms with Gasteiger partial charge in [0.1, 0.15) is 0 Å². The van der Waals surface area contributed by atoms with Crippen molar-refractivity contribution in [3.05, 3.63) is 114 Å². The van der Waals surface area contributed by atoms with Crippen LogP contribution in [0, 0.1) is 0 Å². The molecule has 1 aliphatic carbocycles. The van der Waals surface area contributed by atoms with E-state index in [1.54, 1.807) is 0 Å². The van der Waals surface area contributed by atoms with Crippen molar-refractivity contribution >= 4 is 12.2 Å². The Hall–Kier alpha value is -2.54. The average molecular weight is 354 g/mol. The molecule has 138 valence electrons. The van der Waals surface area contributed by atoms with Crippen molar-refractivity contribution in [1.82, 2.24) is 0 Å². The maximum absolute atomic E-state index is 3.86. The van der Waals surface area contributed by atoms with Gasteiger partial charge in [0.05, 0.1) is 0 Å². The quantitative estimate of drug-likeness (QED) is 0.409. The van der Waals surface area contributed by atoms with Crippen molar-refractivity contribution in [3.63, 3.8) is 0 Å². The SMILES string of the molecule is C=C/C=C(\CC)B(Cc1ccccc1)c1ccccc1.CC1=CC=CCC1. The zero-order chi connectivity index (χ0) is 19.3. The normalized spacial score (nSPS) is 13.3. The Bertz CT molecular complexity index is 766. The second-order valence-corrected chi connectivity index (χ2v) is 6.96. The molecular formula is C26H31B. The molecule has 0 saturated carbocycles. The zero-order valence-electron chi connectivity index (χ0n) is 16.8. The van der Waals surface area contributed by atoms with Gasteiger partial charge in [0, 0.05) is 0 Å². The molecule has 0 fully saturated rings. The molecule has 0 heterocycles. The molecule has 0 spiro atoms. The van der Waals surface area contributed by atoms with Crippen LogP contribution in [0.5, 0.6) is 0 Å². The van der Waals surface area contributed by atoms with Gasteiger partial charge in [-0.3, -0.25) is 0 Å². The molecule has 0 aromatic heterocycles. The summed E-state index contributed by atoms with van der Waals surface area (Å²) in [5.41, 5.74) is 5.70. The average Bonchev–Trinajstić information content (AvgIpc) is 2.73. The summed E-state index contributed by atoms with van der Waals surface area (Å²) >= 11 is 0. The van der Waals surface area contributed by atoms with Crippen LogP contribution in [-0.2, 0) is 6.32 Å². The van der Waals surface area contributed by atoms with Crippen LogP contribution in [0.3, 0.4) is 0 Å². The number of rotatable bonds is 6. The fraction of sp³-hybridized carbons (Fsp3) is 0.231. The predicted octanol–water partition coefficient (Wildman–Crippen LogP) is 6.51. The maximum Gasteiger partial charge on any atom is 0.208 e. The van der Waals surface area contributed by atoms with Crippen molar-refractivity contribution in [3.8, 4) is 0 Å². The van der Waals surface area contributed by atoms with Crippen molar-refractivity contribution in [2.24, 2.45) is 0 Å². The largest absolute Gasteiger partial charge is 0.208 e. The van der Waals surface area contributed by atoms with E-state index in [2.05, 4.69) is 105 Å². The summed E-state index contributed by atoms with van der Waals surface area (Å²) in [7, 11) is 0. The predicted molar refractivity (Wildman–Crippen MR) is 123 cm³/mol. The Morgan fingerprint density at radius 3 is 2.19 bits per heavy atom. The van der Waals surface area contributed by atoms with Gasteiger partial charge in [-0.2, -0.15) is 0 Å². The molecule has 27 heavy (non-hydrogen) atoms. The maximum atomic E-state index is 3.86. The zero-order valence-corrected chi connectivity index (χ0v) is 16.8. The van der Waals surface area contributed by atoms with Gasteiger partial charge in [0.2, 0.25) is 6.71 Å². The Balaban J connectivity index is 0.000000313. The van der Waals surface area contributed by atoms with E-state index in [1.807, 2.05) is 6.08 Å². The number of hydrogen-bond donors (Lipinski definition) is 0. The third-order valence-electron chi connectivity index (χ3n) is 4.89. The summed E-state index contributed by atoms with van der Waals surface area (Å²) < 4.78 is 0. The van der Waals surface area contributed by atoms with Crippen LogP contribution in [0.25, 0.3) is 0 Å². The van der Waals surface area contributed by atoms with Gasteiger partial charge in [-0.25, -0.2) is 0 Å². The first-order valence-corrected chi connectivity index (χ1v) is 9.97. The van der Waals surface area contributed by atoms with Crippen molar-refractivity contribution in [1.29, 1.82) is 0 Å². The molecule has 1 heteroatoms. The van der Waals surface area contributed by atoms with Crippen molar-refractivity contribution < 1.29 is 0 Å². The van der Waals surface area contributed by atoms with E-state index >= 15 is 0 Å². The van der Waals surface area contributed by atoms with E-state index in [1.165, 1.54) is 34.9 Å². The molecule has 3 rings (SSSR count). The molecule has 0 aliphatic heterocycles. The van der Waals surface area contributed by atoms with Gasteiger partial charge < -0.3 is 0 Å². The lowest BCUT2D eigenvalue weighted by molar-refractivity contribution is 0.962. The molecule has 0 atom stereocenters. The van der Waals surface area contributed by atoms with Crippen LogP contribution < -0.4 is 5.46 Å². The fourth-order valence-corrected chi connectivity index (χ4v) is 3.35. The highest BCUT2D eigenvalue weighted by molar-refractivity contribution is 6.79. The van der Waals surface area contributed by atoms with Crippen LogP contribution in [0.4, 0.5) is 0 Å². The summed E-state index contributed by atoms with van der Waals surface area (Å²) in [4.78, 5) is 0. The number of benzene rings is 2. The molecule has 1 aliphatic rings. The first kappa shape index (κ1) is 20.8. The molecule has 2 aromatic carbocycles. The van der Waals surface area contributed by atoms with E-state index in [-0.39, 0.29) is 0 Å². The van der Waals surface area contributed by atoms with Gasteiger partial charge >= 0.3 is 0 Å². The van der Waals surface area contributed by atoms with E-state index in [0.29, 0.717) is 6.71 Å². The Kier molecular flexibility index (Phi) is 9.20. The van der Waals surface area contributed by atoms with Gasteiger partial charge in [-0.1, -0.05) is 127 Å². The van der Waals surface area contributed by atoms with Gasteiger partial charge in [0.25, 0.3) is 0 Å². The fourth-order valence-electron chi connectivity index (χ4n) is 3.35. The minimum Gasteiger partial charge on any atom is -0.0991 e. The molecule has 0 nitrogen and oxygen atoms in total. The van der Waals surface area contributed by atoms with E-state index < -0.39 is 0 Å². The summed E-state index contributed by atoms with van der Waals surface area (Å²) in [6.45, 7) is 8.68. The molecule has 0 bridgehead atoms. The monoisotopic (exact) mass is 354 g/mol. The lowest BCUT2D eigenvalue weighted by Crippen LogP contribution is -2.35. The summed E-state index contributed by atoms with van der Waals surface area (Å²) in [6, 6.07) is 21.5. The van der Waals surface area contributed by atoms with Crippen LogP contribution in [-0.4, -0.2) is 6.71 Å². The van der Waals surface area contributed by atoms with Crippen LogP contribution in [0.1, 0.15) is 38.7 Å². The molecule has 0 saturated heterocycles. The number of allylic oxidation sites excluding steroid dienone is 7. The Morgan fingerprint density at radius 1 is 1.04 bits per heavy atom. The van der Waals surface area contributed by atoms with Crippen molar-refractivity contribution in [2.45, 2.75) is 39.4 Å². The Labute approximate surface area is 166 Å². The smallest absolute Gasteiger partial charge is 0.0991 e. The van der Waals surface area contributed by atoms with E-state index in [0.717, 1.165) is 12.7 Å². The minimum atomic E-state index is 0.432. The summed E-state index contributed by atoms with van der Waals surface area (Å²) in [5, 5.41) is 0. The molecule has 2 aromatic rings. The molecular weight excluding hydrogens is 323 g/mol. The van der Waals surface area contributed by atoms with Crippen molar-refractivity contribution in [2.75, 3.05) is 0 Å². The van der Waals surface area contributed by atoms with Crippen LogP contribution in [0.2, 0.25) is 0 Å². The standard InChI is InChI=1S/C19H21B.C7H10/c1-3-11-18(4-2)20(19-14-9-6-10-15-19)16-17-12-7-5-8-13-17;1-7-5-3-2-4-6-7/h3,5-15H,1,4,16H2,2H3;2-3,5H,4,6H2,1H3/b18-11+;. The first-order chi connectivity index (χ1) is 13.2. The lowest BCUT2D eigenvalue weighted by atomic mass is 9.37. The van der Waals surface area contributed by atoms with Gasteiger partial charge in [0.15, 0.2) is 0 Å². The Morgan fingerprint density at radius 2 is 1.70 bits per heavy atom. The van der Waals surface area contributed by atoms with Gasteiger partial charge in [-0.15, -0.1) is 0 Å². The highest BCUT2D eigenvalue weighted by Crippen LogP contribution is 2.13. The highest BCUT2D eigenvalue weighted by atomic mass is 14.0. The van der Waals surface area contributed by atoms with Crippen LogP contribution >= 0.6 is 0 Å².